The van der Waals surface area contributed by atoms with Gasteiger partial charge in [-0.2, -0.15) is 0 Å². The number of anilines is 1. The minimum absolute atomic E-state index is 0.0769. The monoisotopic (exact) mass is 366 g/mol. The van der Waals surface area contributed by atoms with E-state index in [1.54, 1.807) is 18.2 Å². The van der Waals surface area contributed by atoms with Crippen molar-refractivity contribution in [2.45, 2.75) is 12.8 Å². The third-order valence-electron chi connectivity index (χ3n) is 5.18. The molecule has 0 unspecified atom stereocenters. The van der Waals surface area contributed by atoms with Crippen molar-refractivity contribution in [2.24, 2.45) is 5.92 Å². The molecule has 5 heteroatoms. The van der Waals surface area contributed by atoms with Gasteiger partial charge in [0.25, 0.3) is 0 Å². The van der Waals surface area contributed by atoms with E-state index in [1.807, 2.05) is 18.2 Å². The quantitative estimate of drug-likeness (QED) is 0.825. The molecular weight excluding hydrogens is 343 g/mol. The summed E-state index contributed by atoms with van der Waals surface area (Å²) in [6, 6.07) is 12.6. The lowest BCUT2D eigenvalue weighted by Crippen LogP contribution is -2.29. The first-order valence-electron chi connectivity index (χ1n) is 9.39. The normalized spacial score (nSPS) is 18.6. The van der Waals surface area contributed by atoms with Gasteiger partial charge in [-0.05, 0) is 65.9 Å². The summed E-state index contributed by atoms with van der Waals surface area (Å²) in [6.45, 7) is 3.19. The third-order valence-corrected chi connectivity index (χ3v) is 5.18. The lowest BCUT2D eigenvalue weighted by molar-refractivity contribution is -0.116. The van der Waals surface area contributed by atoms with Gasteiger partial charge in [-0.1, -0.05) is 6.07 Å². The van der Waals surface area contributed by atoms with E-state index in [9.17, 15) is 9.18 Å². The first kappa shape index (κ1) is 17.6. The number of hydrogen-bond donors (Lipinski definition) is 1. The van der Waals surface area contributed by atoms with Crippen LogP contribution in [0.4, 0.5) is 10.1 Å². The molecule has 1 N–H and O–H groups in total. The number of carbonyl (C=O) groups is 1. The van der Waals surface area contributed by atoms with E-state index in [0.717, 1.165) is 49.5 Å². The van der Waals surface area contributed by atoms with E-state index in [-0.39, 0.29) is 11.7 Å². The smallest absolute Gasteiger partial charge is 0.244 e. The van der Waals surface area contributed by atoms with Crippen molar-refractivity contribution >= 4 is 17.7 Å². The highest BCUT2D eigenvalue weighted by Gasteiger charge is 2.22. The minimum atomic E-state index is -0.218. The van der Waals surface area contributed by atoms with Gasteiger partial charge >= 0.3 is 0 Å². The molecule has 0 aromatic heterocycles. The number of fused-ring (bicyclic) bond motifs is 1. The molecule has 0 radical (unpaired) electrons. The molecule has 140 valence electrons. The highest BCUT2D eigenvalue weighted by atomic mass is 19.1. The standard InChI is InChI=1S/C22H23FN2O2/c23-19-3-5-20(6-4-19)25-11-9-17(15-25)14-24-22(26)8-2-16-1-7-21-18(13-16)10-12-27-21/h1-8,13,17H,9-12,14-15H2,(H,24,26)/b8-2+/t17-/m1/s1. The molecule has 4 rings (SSSR count). The topological polar surface area (TPSA) is 41.6 Å². The highest BCUT2D eigenvalue weighted by molar-refractivity contribution is 5.91. The number of carbonyl (C=O) groups excluding carboxylic acids is 1. The predicted octanol–water partition coefficient (Wildman–Crippen LogP) is 3.42. The molecule has 1 atom stereocenters. The Kier molecular flexibility index (Phi) is 5.10. The molecule has 0 spiro atoms. The Morgan fingerprint density at radius 3 is 2.96 bits per heavy atom. The Bertz CT molecular complexity index is 848. The maximum atomic E-state index is 13.0. The van der Waals surface area contributed by atoms with Gasteiger partial charge in [-0.3, -0.25) is 4.79 Å². The number of hydrogen-bond acceptors (Lipinski definition) is 3. The molecule has 27 heavy (non-hydrogen) atoms. The second-order valence-electron chi connectivity index (χ2n) is 7.12. The SMILES string of the molecule is O=C(/C=C/c1ccc2c(c1)CCO2)NC[C@H]1CCN(c2ccc(F)cc2)C1. The lowest BCUT2D eigenvalue weighted by Gasteiger charge is -2.18. The molecule has 1 amide bonds. The fourth-order valence-corrected chi connectivity index (χ4v) is 3.67. The van der Waals surface area contributed by atoms with Crippen LogP contribution in [0.2, 0.25) is 0 Å². The maximum Gasteiger partial charge on any atom is 0.244 e. The van der Waals surface area contributed by atoms with Crippen molar-refractivity contribution in [1.82, 2.24) is 5.32 Å². The molecule has 1 saturated heterocycles. The summed E-state index contributed by atoms with van der Waals surface area (Å²) in [5, 5.41) is 2.99. The summed E-state index contributed by atoms with van der Waals surface area (Å²) in [5.41, 5.74) is 3.24. The van der Waals surface area contributed by atoms with Crippen molar-refractivity contribution in [3.8, 4) is 5.75 Å². The summed E-state index contributed by atoms with van der Waals surface area (Å²) < 4.78 is 18.5. The maximum absolute atomic E-state index is 13.0. The molecule has 2 aliphatic rings. The van der Waals surface area contributed by atoms with Crippen LogP contribution in [-0.4, -0.2) is 32.1 Å². The summed E-state index contributed by atoms with van der Waals surface area (Å²) in [5.74, 6) is 1.06. The van der Waals surface area contributed by atoms with Crippen LogP contribution in [0.5, 0.6) is 5.75 Å². The molecule has 2 aliphatic heterocycles. The van der Waals surface area contributed by atoms with Gasteiger partial charge in [0, 0.05) is 37.8 Å². The largest absolute Gasteiger partial charge is 0.493 e. The van der Waals surface area contributed by atoms with Crippen LogP contribution in [0.3, 0.4) is 0 Å². The van der Waals surface area contributed by atoms with E-state index in [0.29, 0.717) is 12.5 Å². The van der Waals surface area contributed by atoms with Gasteiger partial charge in [-0.15, -0.1) is 0 Å². The average molecular weight is 366 g/mol. The van der Waals surface area contributed by atoms with Crippen molar-refractivity contribution in [3.63, 3.8) is 0 Å². The van der Waals surface area contributed by atoms with Gasteiger partial charge in [0.05, 0.1) is 6.61 Å². The number of benzene rings is 2. The van der Waals surface area contributed by atoms with Gasteiger partial charge in [0.15, 0.2) is 0 Å². The van der Waals surface area contributed by atoms with Gasteiger partial charge in [-0.25, -0.2) is 4.39 Å². The van der Waals surface area contributed by atoms with Crippen LogP contribution in [0.25, 0.3) is 6.08 Å². The lowest BCUT2D eigenvalue weighted by atomic mass is 10.1. The van der Waals surface area contributed by atoms with Crippen molar-refractivity contribution in [3.05, 3.63) is 65.5 Å². The van der Waals surface area contributed by atoms with E-state index in [2.05, 4.69) is 16.3 Å². The Balaban J connectivity index is 1.25. The summed E-state index contributed by atoms with van der Waals surface area (Å²) in [6.07, 6.45) is 5.37. The Morgan fingerprint density at radius 1 is 1.26 bits per heavy atom. The van der Waals surface area contributed by atoms with Crippen LogP contribution in [-0.2, 0) is 11.2 Å². The molecule has 2 aromatic carbocycles. The third kappa shape index (κ3) is 4.30. The second-order valence-corrected chi connectivity index (χ2v) is 7.12. The average Bonchev–Trinajstić information content (AvgIpc) is 3.34. The molecule has 0 bridgehead atoms. The molecule has 1 fully saturated rings. The van der Waals surface area contributed by atoms with Crippen molar-refractivity contribution < 1.29 is 13.9 Å². The zero-order valence-electron chi connectivity index (χ0n) is 15.2. The van der Waals surface area contributed by atoms with Crippen LogP contribution in [0.1, 0.15) is 17.5 Å². The summed E-state index contributed by atoms with van der Waals surface area (Å²) in [4.78, 5) is 14.4. The van der Waals surface area contributed by atoms with Crippen LogP contribution < -0.4 is 15.0 Å². The van der Waals surface area contributed by atoms with Crippen LogP contribution >= 0.6 is 0 Å². The number of ether oxygens (including phenoxy) is 1. The Morgan fingerprint density at radius 2 is 2.11 bits per heavy atom. The van der Waals surface area contributed by atoms with E-state index in [4.69, 9.17) is 4.74 Å². The second kappa shape index (κ2) is 7.82. The highest BCUT2D eigenvalue weighted by Crippen LogP contribution is 2.26. The molecular formula is C22H23FN2O2. The Hall–Kier alpha value is -2.82. The number of nitrogens with zero attached hydrogens (tertiary/aromatic N) is 1. The molecule has 2 aromatic rings. The zero-order chi connectivity index (χ0) is 18.6. The first-order chi connectivity index (χ1) is 13.2. The minimum Gasteiger partial charge on any atom is -0.493 e. The number of halogens is 1. The molecule has 4 nitrogen and oxygen atoms in total. The van der Waals surface area contributed by atoms with E-state index in [1.165, 1.54) is 17.7 Å². The number of amides is 1. The van der Waals surface area contributed by atoms with Gasteiger partial charge in [0.2, 0.25) is 5.91 Å². The molecule has 2 heterocycles. The van der Waals surface area contributed by atoms with Crippen molar-refractivity contribution in [1.29, 1.82) is 0 Å². The first-order valence-corrected chi connectivity index (χ1v) is 9.39. The Labute approximate surface area is 158 Å². The van der Waals surface area contributed by atoms with Crippen LogP contribution in [0.15, 0.2) is 48.5 Å². The van der Waals surface area contributed by atoms with Gasteiger partial charge < -0.3 is 15.0 Å². The van der Waals surface area contributed by atoms with E-state index < -0.39 is 0 Å². The van der Waals surface area contributed by atoms with Crippen LogP contribution in [0, 0.1) is 11.7 Å². The van der Waals surface area contributed by atoms with E-state index >= 15 is 0 Å². The number of rotatable bonds is 5. The molecule has 0 aliphatic carbocycles. The van der Waals surface area contributed by atoms with Crippen molar-refractivity contribution in [2.75, 3.05) is 31.1 Å². The zero-order valence-corrected chi connectivity index (χ0v) is 15.2. The molecule has 0 saturated carbocycles. The predicted molar refractivity (Wildman–Crippen MR) is 104 cm³/mol. The summed E-state index contributed by atoms with van der Waals surface area (Å²) in [7, 11) is 0. The fraction of sp³-hybridized carbons (Fsp3) is 0.318. The fourth-order valence-electron chi connectivity index (χ4n) is 3.67. The number of nitrogens with one attached hydrogen (secondary N) is 1. The summed E-state index contributed by atoms with van der Waals surface area (Å²) >= 11 is 0. The van der Waals surface area contributed by atoms with Gasteiger partial charge in [0.1, 0.15) is 11.6 Å².